The Morgan fingerprint density at radius 3 is 2.76 bits per heavy atom. The van der Waals surface area contributed by atoms with Crippen LogP contribution in [-0.4, -0.2) is 15.6 Å². The predicted molar refractivity (Wildman–Crippen MR) is 56.6 cm³/mol. The number of nitrogens with zero attached hydrogens (tertiary/aromatic N) is 1. The Morgan fingerprint density at radius 1 is 1.35 bits per heavy atom. The summed E-state index contributed by atoms with van der Waals surface area (Å²) in [5.74, 6) is -1.72. The first-order valence-corrected chi connectivity index (χ1v) is 5.10. The second kappa shape index (κ2) is 3.46. The molecule has 1 aromatic carbocycles. The number of aliphatic carboxylic acids is 1. The summed E-state index contributed by atoms with van der Waals surface area (Å²) >= 11 is 0. The number of benzene rings is 1. The van der Waals surface area contributed by atoms with E-state index in [2.05, 4.69) is 0 Å². The summed E-state index contributed by atoms with van der Waals surface area (Å²) in [4.78, 5) is 22.2. The van der Waals surface area contributed by atoms with E-state index in [1.807, 2.05) is 0 Å². The van der Waals surface area contributed by atoms with E-state index >= 15 is 0 Å². The van der Waals surface area contributed by atoms with Crippen LogP contribution >= 0.6 is 0 Å². The maximum atomic E-state index is 11.5. The summed E-state index contributed by atoms with van der Waals surface area (Å²) in [7, 11) is 0. The number of oxazole rings is 1. The van der Waals surface area contributed by atoms with E-state index in [0.717, 1.165) is 15.7 Å². The van der Waals surface area contributed by atoms with Gasteiger partial charge in [-0.05, 0) is 23.3 Å². The molecule has 0 radical (unpaired) electrons. The first kappa shape index (κ1) is 10.1. The number of aromatic nitrogens is 1. The topological polar surface area (TPSA) is 81.7 Å². The van der Waals surface area contributed by atoms with Crippen LogP contribution in [0.15, 0.2) is 21.3 Å². The Kier molecular flexibility index (Phi) is 2.05. The molecular weight excluding hydrogens is 226 g/mol. The quantitative estimate of drug-likeness (QED) is 0.828. The average Bonchev–Trinajstić information content (AvgIpc) is 2.81. The Bertz CT molecular complexity index is 666. The molecule has 6 heteroatoms. The van der Waals surface area contributed by atoms with Gasteiger partial charge in [0.2, 0.25) is 0 Å². The summed E-state index contributed by atoms with van der Waals surface area (Å²) in [6, 6.07) is 3.49. The Morgan fingerprint density at radius 2 is 2.06 bits per heavy atom. The fourth-order valence-electron chi connectivity index (χ4n) is 2.02. The number of fused-ring (bicyclic) bond motifs is 2. The van der Waals surface area contributed by atoms with Crippen molar-refractivity contribution in [1.29, 1.82) is 0 Å². The van der Waals surface area contributed by atoms with Crippen LogP contribution in [0.3, 0.4) is 0 Å². The van der Waals surface area contributed by atoms with Gasteiger partial charge in [-0.25, -0.2) is 4.79 Å². The minimum absolute atomic E-state index is 0.397. The highest BCUT2D eigenvalue weighted by molar-refractivity contribution is 5.77. The molecule has 0 saturated carbocycles. The first-order valence-electron chi connectivity index (χ1n) is 5.10. The standard InChI is InChI=1S/C11H9NO5/c13-10(14)3-12-8-1-6-4-16-5-7(6)2-9(8)17-11(12)15/h1-2H,3-5H2,(H,13,14). The second-order valence-corrected chi connectivity index (χ2v) is 3.93. The van der Waals surface area contributed by atoms with Crippen molar-refractivity contribution in [1.82, 2.24) is 4.57 Å². The molecule has 0 bridgehead atoms. The molecule has 0 unspecified atom stereocenters. The molecule has 0 saturated heterocycles. The zero-order valence-electron chi connectivity index (χ0n) is 8.80. The van der Waals surface area contributed by atoms with Gasteiger partial charge in [0.1, 0.15) is 6.54 Å². The normalized spacial score (nSPS) is 14.1. The third-order valence-corrected chi connectivity index (χ3v) is 2.80. The molecule has 2 aromatic rings. The molecule has 3 rings (SSSR count). The van der Waals surface area contributed by atoms with Gasteiger partial charge < -0.3 is 14.3 Å². The fraction of sp³-hybridized carbons (Fsp3) is 0.273. The molecule has 1 aromatic heterocycles. The second-order valence-electron chi connectivity index (χ2n) is 3.93. The lowest BCUT2D eigenvalue weighted by atomic mass is 10.1. The van der Waals surface area contributed by atoms with Crippen molar-refractivity contribution in [2.75, 3.05) is 0 Å². The monoisotopic (exact) mass is 235 g/mol. The summed E-state index contributed by atoms with van der Waals surface area (Å²) in [6.07, 6.45) is 0. The summed E-state index contributed by atoms with van der Waals surface area (Å²) in [6.45, 7) is 0.586. The van der Waals surface area contributed by atoms with E-state index in [1.165, 1.54) is 0 Å². The predicted octanol–water partition coefficient (Wildman–Crippen LogP) is 0.709. The van der Waals surface area contributed by atoms with E-state index in [9.17, 15) is 9.59 Å². The Hall–Kier alpha value is -2.08. The van der Waals surface area contributed by atoms with Crippen LogP contribution in [0.25, 0.3) is 11.1 Å². The van der Waals surface area contributed by atoms with Gasteiger partial charge >= 0.3 is 11.7 Å². The SMILES string of the molecule is O=C(O)Cn1c(=O)oc2cc3c(cc21)COC3. The van der Waals surface area contributed by atoms with Gasteiger partial charge in [-0.15, -0.1) is 0 Å². The van der Waals surface area contributed by atoms with Gasteiger partial charge in [0.25, 0.3) is 0 Å². The molecule has 88 valence electrons. The number of carboxylic acid groups (broad SMARTS) is 1. The minimum Gasteiger partial charge on any atom is -0.480 e. The van der Waals surface area contributed by atoms with Gasteiger partial charge in [0, 0.05) is 0 Å². The molecule has 6 nitrogen and oxygen atoms in total. The van der Waals surface area contributed by atoms with Crippen LogP contribution in [-0.2, 0) is 29.3 Å². The molecule has 1 N–H and O–H groups in total. The largest absolute Gasteiger partial charge is 0.480 e. The third kappa shape index (κ3) is 1.53. The summed E-state index contributed by atoms with van der Waals surface area (Å²) in [5.41, 5.74) is 2.85. The number of hydrogen-bond acceptors (Lipinski definition) is 4. The zero-order valence-corrected chi connectivity index (χ0v) is 8.80. The molecule has 1 aliphatic heterocycles. The molecule has 1 aliphatic rings. The number of carbonyl (C=O) groups is 1. The van der Waals surface area contributed by atoms with Gasteiger partial charge in [-0.2, -0.15) is 0 Å². The average molecular weight is 235 g/mol. The maximum Gasteiger partial charge on any atom is 0.420 e. The van der Waals surface area contributed by atoms with Crippen LogP contribution in [0.2, 0.25) is 0 Å². The molecule has 0 aliphatic carbocycles. The molecular formula is C11H9NO5. The molecule has 17 heavy (non-hydrogen) atoms. The van der Waals surface area contributed by atoms with Crippen LogP contribution < -0.4 is 5.76 Å². The highest BCUT2D eigenvalue weighted by atomic mass is 16.5. The highest BCUT2D eigenvalue weighted by Gasteiger charge is 2.18. The summed E-state index contributed by atoms with van der Waals surface area (Å²) < 4.78 is 11.4. The first-order chi connectivity index (χ1) is 8.15. The zero-order chi connectivity index (χ0) is 12.0. The van der Waals surface area contributed by atoms with Crippen molar-refractivity contribution in [2.24, 2.45) is 0 Å². The molecule has 2 heterocycles. The summed E-state index contributed by atoms with van der Waals surface area (Å²) in [5, 5.41) is 8.74. The van der Waals surface area contributed by atoms with Crippen LogP contribution in [0.1, 0.15) is 11.1 Å². The van der Waals surface area contributed by atoms with Crippen molar-refractivity contribution in [3.05, 3.63) is 33.8 Å². The van der Waals surface area contributed by atoms with Crippen molar-refractivity contribution < 1.29 is 19.1 Å². The lowest BCUT2D eigenvalue weighted by Crippen LogP contribution is -2.19. The van der Waals surface area contributed by atoms with E-state index in [0.29, 0.717) is 24.3 Å². The third-order valence-electron chi connectivity index (χ3n) is 2.80. The number of rotatable bonds is 2. The fourth-order valence-corrected chi connectivity index (χ4v) is 2.02. The molecule has 0 atom stereocenters. The van der Waals surface area contributed by atoms with E-state index in [4.69, 9.17) is 14.3 Å². The van der Waals surface area contributed by atoms with E-state index in [1.54, 1.807) is 12.1 Å². The smallest absolute Gasteiger partial charge is 0.420 e. The van der Waals surface area contributed by atoms with Crippen molar-refractivity contribution >= 4 is 17.1 Å². The van der Waals surface area contributed by atoms with Crippen molar-refractivity contribution in [3.63, 3.8) is 0 Å². The van der Waals surface area contributed by atoms with Gasteiger partial charge in [-0.1, -0.05) is 0 Å². The van der Waals surface area contributed by atoms with Gasteiger partial charge in [-0.3, -0.25) is 9.36 Å². The molecule has 0 amide bonds. The van der Waals surface area contributed by atoms with E-state index in [-0.39, 0.29) is 0 Å². The van der Waals surface area contributed by atoms with Crippen LogP contribution in [0.4, 0.5) is 0 Å². The number of ether oxygens (including phenoxy) is 1. The van der Waals surface area contributed by atoms with Gasteiger partial charge in [0.05, 0.1) is 18.7 Å². The van der Waals surface area contributed by atoms with Crippen LogP contribution in [0.5, 0.6) is 0 Å². The van der Waals surface area contributed by atoms with E-state index < -0.39 is 18.3 Å². The molecule has 0 fully saturated rings. The maximum absolute atomic E-state index is 11.5. The lowest BCUT2D eigenvalue weighted by molar-refractivity contribution is -0.137. The van der Waals surface area contributed by atoms with Crippen LogP contribution in [0, 0.1) is 0 Å². The number of carboxylic acids is 1. The van der Waals surface area contributed by atoms with Crippen molar-refractivity contribution in [2.45, 2.75) is 19.8 Å². The Balaban J connectivity index is 2.25. The lowest BCUT2D eigenvalue weighted by Gasteiger charge is -1.99. The van der Waals surface area contributed by atoms with Crippen molar-refractivity contribution in [3.8, 4) is 0 Å². The van der Waals surface area contributed by atoms with Gasteiger partial charge in [0.15, 0.2) is 5.58 Å². The molecule has 0 spiro atoms. The highest BCUT2D eigenvalue weighted by Crippen LogP contribution is 2.25. The number of hydrogen-bond donors (Lipinski definition) is 1. The minimum atomic E-state index is -1.08. The Labute approximate surface area is 95.0 Å².